The molecule has 2 N–H and O–H groups in total. The number of carbonyl (C=O) groups is 1. The zero-order valence-electron chi connectivity index (χ0n) is 19.6. The van der Waals surface area contributed by atoms with Gasteiger partial charge in [-0.15, -0.1) is 0 Å². The molecule has 2 aliphatic heterocycles. The van der Waals surface area contributed by atoms with Crippen molar-refractivity contribution in [3.8, 4) is 17.3 Å². The third kappa shape index (κ3) is 4.40. The van der Waals surface area contributed by atoms with E-state index in [-0.39, 0.29) is 23.7 Å². The number of nitrogens with zero attached hydrogens (tertiary/aromatic N) is 4. The van der Waals surface area contributed by atoms with Gasteiger partial charge in [0.2, 0.25) is 0 Å². The van der Waals surface area contributed by atoms with E-state index in [1.807, 2.05) is 37.3 Å². The second-order valence-electron chi connectivity index (χ2n) is 8.74. The third-order valence-electron chi connectivity index (χ3n) is 6.54. The number of carboxylic acid groups (broad SMARTS) is 1. The molecule has 6 rings (SSSR count). The number of nitrogens with one attached hydrogen (secondary N) is 1. The minimum Gasteiger partial charge on any atom is -0.483 e. The molecule has 0 radical (unpaired) electrons. The van der Waals surface area contributed by atoms with Crippen LogP contribution in [0.3, 0.4) is 0 Å². The molecule has 2 fully saturated rings. The van der Waals surface area contributed by atoms with Crippen LogP contribution in [0.5, 0.6) is 6.01 Å². The molecule has 2 aromatic heterocycles. The highest BCUT2D eigenvalue weighted by Crippen LogP contribution is 2.37. The number of rotatable bonds is 4. The highest BCUT2D eigenvalue weighted by molar-refractivity contribution is 6.36. The van der Waals surface area contributed by atoms with Crippen molar-refractivity contribution in [1.82, 2.24) is 20.3 Å². The number of pyridine rings is 1. The number of hydrogen-bond donors (Lipinski definition) is 2. The predicted molar refractivity (Wildman–Crippen MR) is 137 cm³/mol. The summed E-state index contributed by atoms with van der Waals surface area (Å²) in [5, 5.41) is 13.4. The van der Waals surface area contributed by atoms with Gasteiger partial charge in [0.1, 0.15) is 17.0 Å². The Labute approximate surface area is 212 Å². The highest BCUT2D eigenvalue weighted by atomic mass is 35.5. The number of aromatic nitrogens is 3. The molecular weight excluding hydrogens is 485 g/mol. The van der Waals surface area contributed by atoms with Gasteiger partial charge in [-0.25, -0.2) is 4.39 Å². The summed E-state index contributed by atoms with van der Waals surface area (Å²) in [6, 6.07) is 12.3. The molecule has 2 aliphatic rings. The zero-order valence-corrected chi connectivity index (χ0v) is 20.4. The fourth-order valence-corrected chi connectivity index (χ4v) is 5.39. The average Bonchev–Trinajstić information content (AvgIpc) is 3.22. The lowest BCUT2D eigenvalue weighted by molar-refractivity contribution is -0.122. The Balaban J connectivity index is 0.000000848. The highest BCUT2D eigenvalue weighted by Gasteiger charge is 2.34. The predicted octanol–water partition coefficient (Wildman–Crippen LogP) is 4.68. The minimum atomic E-state index is -0.498. The molecule has 2 atom stereocenters. The van der Waals surface area contributed by atoms with Crippen molar-refractivity contribution in [3.05, 3.63) is 53.4 Å². The Morgan fingerprint density at radius 3 is 2.58 bits per heavy atom. The second-order valence-corrected chi connectivity index (χ2v) is 9.14. The summed E-state index contributed by atoms with van der Waals surface area (Å²) in [7, 11) is 0. The summed E-state index contributed by atoms with van der Waals surface area (Å²) in [6.45, 7) is 3.65. The van der Waals surface area contributed by atoms with Crippen molar-refractivity contribution in [3.63, 3.8) is 0 Å². The second kappa shape index (κ2) is 10.2. The van der Waals surface area contributed by atoms with Gasteiger partial charge < -0.3 is 20.1 Å². The average molecular weight is 510 g/mol. The van der Waals surface area contributed by atoms with E-state index >= 15 is 4.39 Å². The molecule has 2 unspecified atom stereocenters. The number of halogens is 2. The third-order valence-corrected chi connectivity index (χ3v) is 6.86. The molecular formula is C26H25ClFN5O3. The van der Waals surface area contributed by atoms with Crippen LogP contribution >= 0.6 is 11.6 Å². The van der Waals surface area contributed by atoms with Gasteiger partial charge in [0.05, 0.1) is 12.0 Å². The summed E-state index contributed by atoms with van der Waals surface area (Å²) in [6.07, 6.45) is 3.96. The van der Waals surface area contributed by atoms with E-state index in [1.165, 1.54) is 0 Å². The lowest BCUT2D eigenvalue weighted by Crippen LogP contribution is -2.51. The molecule has 0 spiro atoms. The van der Waals surface area contributed by atoms with Gasteiger partial charge in [-0.1, -0.05) is 41.9 Å². The lowest BCUT2D eigenvalue weighted by atomic mass is 10.0. The first-order chi connectivity index (χ1) is 17.5. The van der Waals surface area contributed by atoms with Gasteiger partial charge >= 0.3 is 6.01 Å². The molecule has 2 saturated heterocycles. The molecule has 186 valence electrons. The summed E-state index contributed by atoms with van der Waals surface area (Å²) >= 11 is 6.50. The van der Waals surface area contributed by atoms with Crippen LogP contribution < -0.4 is 15.0 Å². The topological polar surface area (TPSA) is 100 Å². The Kier molecular flexibility index (Phi) is 6.84. The van der Waals surface area contributed by atoms with Crippen molar-refractivity contribution >= 4 is 45.6 Å². The lowest BCUT2D eigenvalue weighted by Gasteiger charge is -2.34. The number of fused-ring (bicyclic) bond motifs is 4. The Bertz CT molecular complexity index is 1420. The van der Waals surface area contributed by atoms with Gasteiger partial charge in [-0.05, 0) is 31.2 Å². The van der Waals surface area contributed by atoms with E-state index in [0.717, 1.165) is 36.7 Å². The molecule has 2 bridgehead atoms. The zero-order chi connectivity index (χ0) is 25.2. The first kappa shape index (κ1) is 24.1. The maximum Gasteiger partial charge on any atom is 0.319 e. The van der Waals surface area contributed by atoms with Crippen LogP contribution in [0.25, 0.3) is 32.9 Å². The minimum absolute atomic E-state index is 0.179. The molecule has 0 amide bonds. The van der Waals surface area contributed by atoms with Crippen LogP contribution in [-0.2, 0) is 4.79 Å². The van der Waals surface area contributed by atoms with E-state index in [0.29, 0.717) is 40.5 Å². The number of benzene rings is 2. The molecule has 36 heavy (non-hydrogen) atoms. The van der Waals surface area contributed by atoms with Crippen LogP contribution in [0.1, 0.15) is 19.8 Å². The SMILES string of the molecule is CCOc1nc(N2CC3CCC(C2)N3)c2cnc(-c3cccc4cccc(Cl)c34)c(F)c2n1.O=CO. The largest absolute Gasteiger partial charge is 0.483 e. The molecule has 0 saturated carbocycles. The first-order valence-corrected chi connectivity index (χ1v) is 12.2. The Morgan fingerprint density at radius 1 is 1.19 bits per heavy atom. The summed E-state index contributed by atoms with van der Waals surface area (Å²) in [5.74, 6) is 0.179. The van der Waals surface area contributed by atoms with Gasteiger partial charge in [0.15, 0.2) is 5.82 Å². The fourth-order valence-electron chi connectivity index (χ4n) is 5.11. The Hall–Kier alpha value is -3.56. The number of piperazine rings is 1. The van der Waals surface area contributed by atoms with Gasteiger partial charge in [0, 0.05) is 47.3 Å². The normalized spacial score (nSPS) is 18.7. The van der Waals surface area contributed by atoms with Crippen LogP contribution in [-0.4, -0.2) is 58.3 Å². The standard InChI is InChI=1S/C25H23ClFN5O.CH2O2/c1-2-33-25-30-23-18(24(31-25)32-12-15-9-10-16(13-32)29-15)11-28-22(21(23)27)17-7-3-5-14-6-4-8-19(26)20(14)17;2-1-3/h3-8,11,15-16,29H,2,9-10,12-13H2,1H3;1H,(H,2,3). The van der Waals surface area contributed by atoms with Crippen molar-refractivity contribution < 1.29 is 19.0 Å². The Morgan fingerprint density at radius 2 is 1.89 bits per heavy atom. The van der Waals surface area contributed by atoms with Crippen LogP contribution in [0.2, 0.25) is 5.02 Å². The van der Waals surface area contributed by atoms with E-state index < -0.39 is 5.82 Å². The summed E-state index contributed by atoms with van der Waals surface area (Å²) in [5.41, 5.74) is 1.06. The van der Waals surface area contributed by atoms with Gasteiger partial charge in [0.25, 0.3) is 6.47 Å². The summed E-state index contributed by atoms with van der Waals surface area (Å²) < 4.78 is 21.7. The number of ether oxygens (including phenoxy) is 1. The van der Waals surface area contributed by atoms with E-state index in [9.17, 15) is 0 Å². The number of hydrogen-bond acceptors (Lipinski definition) is 7. The maximum atomic E-state index is 16.1. The molecule has 0 aliphatic carbocycles. The van der Waals surface area contributed by atoms with Gasteiger partial charge in [-0.3, -0.25) is 9.78 Å². The van der Waals surface area contributed by atoms with E-state index in [2.05, 4.69) is 25.2 Å². The van der Waals surface area contributed by atoms with Crippen LogP contribution in [0.15, 0.2) is 42.6 Å². The van der Waals surface area contributed by atoms with Crippen molar-refractivity contribution in [2.75, 3.05) is 24.6 Å². The molecule has 4 heterocycles. The monoisotopic (exact) mass is 509 g/mol. The van der Waals surface area contributed by atoms with E-state index in [1.54, 1.807) is 12.3 Å². The molecule has 4 aromatic rings. The van der Waals surface area contributed by atoms with Crippen molar-refractivity contribution in [2.45, 2.75) is 31.8 Å². The van der Waals surface area contributed by atoms with Crippen molar-refractivity contribution in [2.24, 2.45) is 0 Å². The molecule has 10 heteroatoms. The molecule has 8 nitrogen and oxygen atoms in total. The summed E-state index contributed by atoms with van der Waals surface area (Å²) in [4.78, 5) is 24.2. The van der Waals surface area contributed by atoms with Gasteiger partial charge in [-0.2, -0.15) is 9.97 Å². The fraction of sp³-hybridized carbons (Fsp3) is 0.308. The quantitative estimate of drug-likeness (QED) is 0.382. The van der Waals surface area contributed by atoms with E-state index in [4.69, 9.17) is 26.2 Å². The molecule has 2 aromatic carbocycles. The first-order valence-electron chi connectivity index (χ1n) is 11.8. The van der Waals surface area contributed by atoms with Crippen LogP contribution in [0.4, 0.5) is 10.2 Å². The maximum absolute atomic E-state index is 16.1. The van der Waals surface area contributed by atoms with Crippen molar-refractivity contribution in [1.29, 1.82) is 0 Å². The number of anilines is 1. The van der Waals surface area contributed by atoms with Crippen LogP contribution in [0, 0.1) is 5.82 Å². The smallest absolute Gasteiger partial charge is 0.319 e.